The first kappa shape index (κ1) is 14.7. The van der Waals surface area contributed by atoms with Crippen LogP contribution in [0.2, 0.25) is 0 Å². The summed E-state index contributed by atoms with van der Waals surface area (Å²) in [5.41, 5.74) is 1.31. The maximum Gasteiger partial charge on any atom is 0.252 e. The number of amides is 1. The molecule has 0 spiro atoms. The number of ether oxygens (including phenoxy) is 2. The van der Waals surface area contributed by atoms with Crippen molar-refractivity contribution in [1.82, 2.24) is 5.32 Å². The Morgan fingerprint density at radius 3 is 2.74 bits per heavy atom. The van der Waals surface area contributed by atoms with Gasteiger partial charge in [-0.1, -0.05) is 12.0 Å². The molecule has 1 amide bonds. The van der Waals surface area contributed by atoms with E-state index in [9.17, 15) is 4.79 Å². The number of rotatable bonds is 6. The van der Waals surface area contributed by atoms with Gasteiger partial charge in [0.1, 0.15) is 0 Å². The van der Waals surface area contributed by atoms with E-state index in [2.05, 4.69) is 17.8 Å². The minimum Gasteiger partial charge on any atom is -0.493 e. The third-order valence-electron chi connectivity index (χ3n) is 2.53. The van der Waals surface area contributed by atoms with Crippen molar-refractivity contribution in [2.24, 2.45) is 0 Å². The summed E-state index contributed by atoms with van der Waals surface area (Å²) < 4.78 is 10.5. The number of hydrogen-bond donors (Lipinski definition) is 1. The molecular formula is C15H17NO3. The summed E-state index contributed by atoms with van der Waals surface area (Å²) >= 11 is 0. The summed E-state index contributed by atoms with van der Waals surface area (Å²) in [6.07, 6.45) is 7.43. The zero-order valence-electron chi connectivity index (χ0n) is 11.2. The zero-order chi connectivity index (χ0) is 14.3. The van der Waals surface area contributed by atoms with E-state index < -0.39 is 0 Å². The molecule has 1 aromatic rings. The Labute approximate surface area is 113 Å². The SMILES string of the molecule is C#CCNC(=O)c1cc(CC=C)c(OC)c(OC)c1. The highest BCUT2D eigenvalue weighted by Crippen LogP contribution is 2.33. The molecule has 0 saturated carbocycles. The smallest absolute Gasteiger partial charge is 0.252 e. The summed E-state index contributed by atoms with van der Waals surface area (Å²) in [6, 6.07) is 3.37. The summed E-state index contributed by atoms with van der Waals surface area (Å²) in [5.74, 6) is 3.22. The van der Waals surface area contributed by atoms with Crippen molar-refractivity contribution in [2.75, 3.05) is 20.8 Å². The van der Waals surface area contributed by atoms with Crippen LogP contribution in [-0.4, -0.2) is 26.7 Å². The van der Waals surface area contributed by atoms with Crippen LogP contribution in [0, 0.1) is 12.3 Å². The van der Waals surface area contributed by atoms with Crippen LogP contribution in [0.25, 0.3) is 0 Å². The van der Waals surface area contributed by atoms with Crippen LogP contribution < -0.4 is 14.8 Å². The molecule has 1 N–H and O–H groups in total. The van der Waals surface area contributed by atoms with Crippen LogP contribution in [0.4, 0.5) is 0 Å². The molecule has 0 aliphatic carbocycles. The predicted molar refractivity (Wildman–Crippen MR) is 74.6 cm³/mol. The lowest BCUT2D eigenvalue weighted by atomic mass is 10.0. The minimum atomic E-state index is -0.246. The number of hydrogen-bond acceptors (Lipinski definition) is 3. The first-order valence-corrected chi connectivity index (χ1v) is 5.75. The van der Waals surface area contributed by atoms with Crippen molar-refractivity contribution >= 4 is 5.91 Å². The fourth-order valence-corrected chi connectivity index (χ4v) is 1.71. The molecular weight excluding hydrogens is 242 g/mol. The van der Waals surface area contributed by atoms with Gasteiger partial charge in [-0.05, 0) is 18.6 Å². The van der Waals surface area contributed by atoms with Gasteiger partial charge in [-0.3, -0.25) is 4.79 Å². The molecule has 0 unspecified atom stereocenters. The van der Waals surface area contributed by atoms with E-state index in [4.69, 9.17) is 15.9 Å². The summed E-state index contributed by atoms with van der Waals surface area (Å²) in [7, 11) is 3.08. The van der Waals surface area contributed by atoms with Gasteiger partial charge in [-0.25, -0.2) is 0 Å². The topological polar surface area (TPSA) is 47.6 Å². The third kappa shape index (κ3) is 3.52. The fourth-order valence-electron chi connectivity index (χ4n) is 1.71. The predicted octanol–water partition coefficient (Wildman–Crippen LogP) is 1.80. The Morgan fingerprint density at radius 1 is 1.47 bits per heavy atom. The average molecular weight is 259 g/mol. The second-order valence-electron chi connectivity index (χ2n) is 3.75. The van der Waals surface area contributed by atoms with Crippen molar-refractivity contribution in [2.45, 2.75) is 6.42 Å². The van der Waals surface area contributed by atoms with Gasteiger partial charge in [0.2, 0.25) is 0 Å². The van der Waals surface area contributed by atoms with Gasteiger partial charge in [0.15, 0.2) is 11.5 Å². The molecule has 1 aromatic carbocycles. The van der Waals surface area contributed by atoms with Gasteiger partial charge < -0.3 is 14.8 Å². The van der Waals surface area contributed by atoms with Crippen molar-refractivity contribution in [1.29, 1.82) is 0 Å². The van der Waals surface area contributed by atoms with E-state index in [0.717, 1.165) is 5.56 Å². The Balaban J connectivity index is 3.20. The molecule has 1 rings (SSSR count). The fraction of sp³-hybridized carbons (Fsp3) is 0.267. The van der Waals surface area contributed by atoms with Crippen LogP contribution in [0.5, 0.6) is 11.5 Å². The number of carbonyl (C=O) groups is 1. The summed E-state index contributed by atoms with van der Waals surface area (Å²) in [5, 5.41) is 2.61. The number of nitrogens with one attached hydrogen (secondary N) is 1. The Morgan fingerprint density at radius 2 is 2.21 bits per heavy atom. The standard InChI is InChI=1S/C15H17NO3/c1-5-7-11-9-12(15(17)16-8-6-2)10-13(18-3)14(11)19-4/h2,5,9-10H,1,7-8H2,3-4H3,(H,16,17). The quantitative estimate of drug-likeness (QED) is 0.626. The molecule has 0 atom stereocenters. The van der Waals surface area contributed by atoms with Gasteiger partial charge in [0.25, 0.3) is 5.91 Å². The van der Waals surface area contributed by atoms with E-state index in [1.54, 1.807) is 25.3 Å². The molecule has 0 heterocycles. The van der Waals surface area contributed by atoms with E-state index in [1.807, 2.05) is 0 Å². The number of methoxy groups -OCH3 is 2. The first-order chi connectivity index (χ1) is 9.17. The van der Waals surface area contributed by atoms with Crippen LogP contribution in [0.15, 0.2) is 24.8 Å². The Hall–Kier alpha value is -2.41. The summed E-state index contributed by atoms with van der Waals surface area (Å²) in [4.78, 5) is 11.9. The molecule has 19 heavy (non-hydrogen) atoms. The molecule has 0 aliphatic heterocycles. The molecule has 0 bridgehead atoms. The number of benzene rings is 1. The van der Waals surface area contributed by atoms with Crippen molar-refractivity contribution in [3.8, 4) is 23.8 Å². The molecule has 0 aromatic heterocycles. The largest absolute Gasteiger partial charge is 0.493 e. The molecule has 0 saturated heterocycles. The summed E-state index contributed by atoms with van der Waals surface area (Å²) in [6.45, 7) is 3.87. The second kappa shape index (κ2) is 7.12. The number of carbonyl (C=O) groups excluding carboxylic acids is 1. The third-order valence-corrected chi connectivity index (χ3v) is 2.53. The second-order valence-corrected chi connectivity index (χ2v) is 3.75. The van der Waals surface area contributed by atoms with E-state index in [0.29, 0.717) is 23.5 Å². The lowest BCUT2D eigenvalue weighted by Gasteiger charge is -2.14. The van der Waals surface area contributed by atoms with Crippen molar-refractivity contribution in [3.63, 3.8) is 0 Å². The molecule has 0 aliphatic rings. The van der Waals surface area contributed by atoms with Crippen LogP contribution in [0.3, 0.4) is 0 Å². The van der Waals surface area contributed by atoms with Crippen LogP contribution in [0.1, 0.15) is 15.9 Å². The van der Waals surface area contributed by atoms with E-state index >= 15 is 0 Å². The van der Waals surface area contributed by atoms with Gasteiger partial charge in [-0.2, -0.15) is 0 Å². The monoisotopic (exact) mass is 259 g/mol. The van der Waals surface area contributed by atoms with Gasteiger partial charge >= 0.3 is 0 Å². The molecule has 0 fully saturated rings. The number of allylic oxidation sites excluding steroid dienone is 1. The van der Waals surface area contributed by atoms with Crippen molar-refractivity contribution < 1.29 is 14.3 Å². The highest BCUT2D eigenvalue weighted by Gasteiger charge is 2.15. The first-order valence-electron chi connectivity index (χ1n) is 5.75. The van der Waals surface area contributed by atoms with Gasteiger partial charge in [0.05, 0.1) is 20.8 Å². The normalized spacial score (nSPS) is 9.32. The molecule has 4 nitrogen and oxygen atoms in total. The molecule has 4 heteroatoms. The Kier molecular flexibility index (Phi) is 5.49. The number of terminal acetylenes is 1. The van der Waals surface area contributed by atoms with E-state index in [-0.39, 0.29) is 12.5 Å². The van der Waals surface area contributed by atoms with E-state index in [1.165, 1.54) is 7.11 Å². The highest BCUT2D eigenvalue weighted by atomic mass is 16.5. The zero-order valence-corrected chi connectivity index (χ0v) is 11.2. The highest BCUT2D eigenvalue weighted by molar-refractivity contribution is 5.95. The molecule has 100 valence electrons. The van der Waals surface area contributed by atoms with Gasteiger partial charge in [-0.15, -0.1) is 13.0 Å². The van der Waals surface area contributed by atoms with Crippen LogP contribution in [-0.2, 0) is 6.42 Å². The lowest BCUT2D eigenvalue weighted by molar-refractivity contribution is 0.0958. The van der Waals surface area contributed by atoms with Crippen molar-refractivity contribution in [3.05, 3.63) is 35.9 Å². The molecule has 0 radical (unpaired) electrons. The Bertz CT molecular complexity index is 515. The van der Waals surface area contributed by atoms with Crippen LogP contribution >= 0.6 is 0 Å². The maximum atomic E-state index is 11.9. The minimum absolute atomic E-state index is 0.184. The lowest BCUT2D eigenvalue weighted by Crippen LogP contribution is -2.23. The average Bonchev–Trinajstić information content (AvgIpc) is 2.44. The van der Waals surface area contributed by atoms with Gasteiger partial charge in [0, 0.05) is 11.1 Å². The maximum absolute atomic E-state index is 11.9.